The van der Waals surface area contributed by atoms with E-state index < -0.39 is 16.9 Å². The van der Waals surface area contributed by atoms with Crippen LogP contribution in [0.5, 0.6) is 5.75 Å². The number of ether oxygens (including phenoxy) is 2. The van der Waals surface area contributed by atoms with Crippen LogP contribution in [0.2, 0.25) is 0 Å². The number of esters is 1. The molecule has 0 aliphatic heterocycles. The van der Waals surface area contributed by atoms with Crippen LogP contribution in [-0.4, -0.2) is 37.7 Å². The lowest BCUT2D eigenvalue weighted by molar-refractivity contribution is -0.385. The van der Waals surface area contributed by atoms with Gasteiger partial charge < -0.3 is 14.8 Å². The van der Waals surface area contributed by atoms with E-state index in [2.05, 4.69) is 10.1 Å². The molecule has 0 aliphatic carbocycles. The molecule has 1 N–H and O–H groups in total. The fraction of sp³-hybridized carbons (Fsp3) is 0.417. The van der Waals surface area contributed by atoms with E-state index in [4.69, 9.17) is 4.74 Å². The van der Waals surface area contributed by atoms with E-state index in [1.54, 1.807) is 19.2 Å². The van der Waals surface area contributed by atoms with Crippen LogP contribution in [0.4, 0.5) is 5.69 Å². The monoisotopic (exact) mass is 268 g/mol. The lowest BCUT2D eigenvalue weighted by atomic mass is 10.2. The Kier molecular flexibility index (Phi) is 5.74. The van der Waals surface area contributed by atoms with E-state index in [0.717, 1.165) is 0 Å². The standard InChI is InChI=1S/C12H16N2O5/c1-13-9(12(15)18-2)7-8-19-11-6-4-3-5-10(11)14(16)17/h3-6,9,13H,7-8H2,1-2H3. The quantitative estimate of drug-likeness (QED) is 0.453. The van der Waals surface area contributed by atoms with E-state index in [1.165, 1.54) is 19.2 Å². The van der Waals surface area contributed by atoms with Crippen molar-refractivity contribution in [3.05, 3.63) is 34.4 Å². The Morgan fingerprint density at radius 3 is 2.74 bits per heavy atom. The van der Waals surface area contributed by atoms with Crippen LogP contribution >= 0.6 is 0 Å². The van der Waals surface area contributed by atoms with Gasteiger partial charge in [0.1, 0.15) is 6.04 Å². The van der Waals surface area contributed by atoms with Crippen molar-refractivity contribution in [2.45, 2.75) is 12.5 Å². The van der Waals surface area contributed by atoms with Gasteiger partial charge in [-0.05, 0) is 13.1 Å². The molecular weight excluding hydrogens is 252 g/mol. The summed E-state index contributed by atoms with van der Waals surface area (Å²) >= 11 is 0. The van der Waals surface area contributed by atoms with Crippen LogP contribution in [0.25, 0.3) is 0 Å². The van der Waals surface area contributed by atoms with Crippen LogP contribution in [0, 0.1) is 10.1 Å². The number of nitrogens with one attached hydrogen (secondary N) is 1. The number of nitro groups is 1. The number of hydrogen-bond acceptors (Lipinski definition) is 6. The molecule has 1 unspecified atom stereocenters. The van der Waals surface area contributed by atoms with Gasteiger partial charge in [0.2, 0.25) is 0 Å². The molecule has 0 aromatic heterocycles. The van der Waals surface area contributed by atoms with Gasteiger partial charge in [0, 0.05) is 12.5 Å². The summed E-state index contributed by atoms with van der Waals surface area (Å²) in [6, 6.07) is 5.61. The second kappa shape index (κ2) is 7.32. The minimum absolute atomic E-state index is 0.0958. The molecule has 0 radical (unpaired) electrons. The number of para-hydroxylation sites is 2. The van der Waals surface area contributed by atoms with Gasteiger partial charge in [0.05, 0.1) is 18.6 Å². The third-order valence-corrected chi connectivity index (χ3v) is 2.56. The first-order valence-electron chi connectivity index (χ1n) is 5.71. The Morgan fingerprint density at radius 2 is 2.16 bits per heavy atom. The Balaban J connectivity index is 2.58. The third-order valence-electron chi connectivity index (χ3n) is 2.56. The highest BCUT2D eigenvalue weighted by molar-refractivity contribution is 5.75. The van der Waals surface area contributed by atoms with E-state index in [0.29, 0.717) is 6.42 Å². The number of likely N-dealkylation sites (N-methyl/N-ethyl adjacent to an activating group) is 1. The Hall–Kier alpha value is -2.15. The second-order valence-electron chi connectivity index (χ2n) is 3.73. The smallest absolute Gasteiger partial charge is 0.322 e. The highest BCUT2D eigenvalue weighted by Gasteiger charge is 2.18. The van der Waals surface area contributed by atoms with Crippen molar-refractivity contribution in [3.8, 4) is 5.75 Å². The summed E-state index contributed by atoms with van der Waals surface area (Å²) in [5.41, 5.74) is -0.0958. The van der Waals surface area contributed by atoms with Gasteiger partial charge in [-0.3, -0.25) is 14.9 Å². The average Bonchev–Trinajstić information content (AvgIpc) is 2.43. The van der Waals surface area contributed by atoms with Crippen LogP contribution in [0.15, 0.2) is 24.3 Å². The molecule has 1 rings (SSSR count). The van der Waals surface area contributed by atoms with E-state index in [1.807, 2.05) is 0 Å². The summed E-state index contributed by atoms with van der Waals surface area (Å²) in [7, 11) is 2.93. The number of hydrogen-bond donors (Lipinski definition) is 1. The van der Waals surface area contributed by atoms with Gasteiger partial charge in [-0.15, -0.1) is 0 Å². The Labute approximate surface area is 110 Å². The zero-order chi connectivity index (χ0) is 14.3. The first-order chi connectivity index (χ1) is 9.10. The van der Waals surface area contributed by atoms with Crippen LogP contribution in [-0.2, 0) is 9.53 Å². The molecular formula is C12H16N2O5. The zero-order valence-electron chi connectivity index (χ0n) is 10.8. The van der Waals surface area contributed by atoms with Crippen LogP contribution < -0.4 is 10.1 Å². The van der Waals surface area contributed by atoms with Gasteiger partial charge >= 0.3 is 11.7 Å². The molecule has 0 fully saturated rings. The summed E-state index contributed by atoms with van der Waals surface area (Å²) in [6.45, 7) is 0.172. The lowest BCUT2D eigenvalue weighted by Crippen LogP contribution is -2.36. The van der Waals surface area contributed by atoms with E-state index in [-0.39, 0.29) is 18.0 Å². The molecule has 7 nitrogen and oxygen atoms in total. The van der Waals surface area contributed by atoms with Crippen LogP contribution in [0.3, 0.4) is 0 Å². The predicted octanol–water partition coefficient (Wildman–Crippen LogP) is 1.12. The Morgan fingerprint density at radius 1 is 1.47 bits per heavy atom. The van der Waals surface area contributed by atoms with E-state index >= 15 is 0 Å². The van der Waals surface area contributed by atoms with Crippen molar-refractivity contribution in [1.29, 1.82) is 0 Å². The number of carbonyl (C=O) groups is 1. The summed E-state index contributed by atoms with van der Waals surface area (Å²) in [5.74, 6) is -0.208. The topological polar surface area (TPSA) is 90.7 Å². The SMILES string of the molecule is CNC(CCOc1ccccc1[N+](=O)[O-])C(=O)OC. The molecule has 0 heterocycles. The minimum Gasteiger partial charge on any atom is -0.487 e. The van der Waals surface area contributed by atoms with Gasteiger partial charge in [-0.25, -0.2) is 0 Å². The molecule has 1 aromatic carbocycles. The van der Waals surface area contributed by atoms with Crippen molar-refractivity contribution in [3.63, 3.8) is 0 Å². The molecule has 0 saturated heterocycles. The molecule has 19 heavy (non-hydrogen) atoms. The summed E-state index contributed by atoms with van der Waals surface area (Å²) in [4.78, 5) is 21.6. The highest BCUT2D eigenvalue weighted by Crippen LogP contribution is 2.25. The van der Waals surface area contributed by atoms with Crippen molar-refractivity contribution in [1.82, 2.24) is 5.32 Å². The van der Waals surface area contributed by atoms with Gasteiger partial charge in [0.15, 0.2) is 5.75 Å². The van der Waals surface area contributed by atoms with Gasteiger partial charge in [0.25, 0.3) is 0 Å². The number of rotatable bonds is 7. The van der Waals surface area contributed by atoms with Gasteiger partial charge in [-0.1, -0.05) is 12.1 Å². The fourth-order valence-electron chi connectivity index (χ4n) is 1.54. The second-order valence-corrected chi connectivity index (χ2v) is 3.73. The number of methoxy groups -OCH3 is 1. The van der Waals surface area contributed by atoms with Crippen molar-refractivity contribution < 1.29 is 19.2 Å². The average molecular weight is 268 g/mol. The zero-order valence-corrected chi connectivity index (χ0v) is 10.8. The molecule has 0 saturated carbocycles. The third kappa shape index (κ3) is 4.22. The maximum atomic E-state index is 11.3. The molecule has 0 amide bonds. The number of benzene rings is 1. The molecule has 0 bridgehead atoms. The highest BCUT2D eigenvalue weighted by atomic mass is 16.6. The van der Waals surface area contributed by atoms with Crippen molar-refractivity contribution in [2.24, 2.45) is 0 Å². The number of carbonyl (C=O) groups excluding carboxylic acids is 1. The molecule has 1 aromatic rings. The largest absolute Gasteiger partial charge is 0.487 e. The van der Waals surface area contributed by atoms with E-state index in [9.17, 15) is 14.9 Å². The molecule has 7 heteroatoms. The lowest BCUT2D eigenvalue weighted by Gasteiger charge is -2.13. The maximum absolute atomic E-state index is 11.3. The normalized spacial score (nSPS) is 11.7. The van der Waals surface area contributed by atoms with Crippen LogP contribution in [0.1, 0.15) is 6.42 Å². The summed E-state index contributed by atoms with van der Waals surface area (Å²) < 4.78 is 9.94. The molecule has 1 atom stereocenters. The molecule has 0 spiro atoms. The summed E-state index contributed by atoms with van der Waals surface area (Å²) in [5, 5.41) is 13.6. The first-order valence-corrected chi connectivity index (χ1v) is 5.71. The number of nitro benzene ring substituents is 1. The fourth-order valence-corrected chi connectivity index (χ4v) is 1.54. The Bertz CT molecular complexity index is 450. The maximum Gasteiger partial charge on any atom is 0.322 e. The minimum atomic E-state index is -0.509. The molecule has 104 valence electrons. The number of nitrogens with zero attached hydrogens (tertiary/aromatic N) is 1. The molecule has 0 aliphatic rings. The predicted molar refractivity (Wildman–Crippen MR) is 68.1 cm³/mol. The van der Waals surface area contributed by atoms with Crippen molar-refractivity contribution >= 4 is 11.7 Å². The van der Waals surface area contributed by atoms with Gasteiger partial charge in [-0.2, -0.15) is 0 Å². The summed E-state index contributed by atoms with van der Waals surface area (Å²) in [6.07, 6.45) is 0.356. The van der Waals surface area contributed by atoms with Crippen molar-refractivity contribution in [2.75, 3.05) is 20.8 Å². The first kappa shape index (κ1) is 14.9.